The van der Waals surface area contributed by atoms with Gasteiger partial charge < -0.3 is 20.1 Å². The van der Waals surface area contributed by atoms with Crippen molar-refractivity contribution in [3.8, 4) is 12.3 Å². The summed E-state index contributed by atoms with van der Waals surface area (Å²) in [6, 6.07) is -1.13. The summed E-state index contributed by atoms with van der Waals surface area (Å²) in [5.41, 5.74) is -1.59. The lowest BCUT2D eigenvalue weighted by Crippen LogP contribution is -2.54. The van der Waals surface area contributed by atoms with Gasteiger partial charge in [0.2, 0.25) is 11.8 Å². The molecule has 1 rings (SSSR count). The smallest absolute Gasteiger partial charge is 0.322 e. The summed E-state index contributed by atoms with van der Waals surface area (Å²) in [5.74, 6) is -1.87. The summed E-state index contributed by atoms with van der Waals surface area (Å²) in [6.45, 7) is 6.05. The maximum Gasteiger partial charge on any atom is 0.322 e. The molecule has 15 heteroatoms. The van der Waals surface area contributed by atoms with Crippen LogP contribution in [0.5, 0.6) is 0 Å². The van der Waals surface area contributed by atoms with Crippen molar-refractivity contribution in [3.05, 3.63) is 0 Å². The fraction of sp³-hybridized carbons (Fsp3) is 0.667. The van der Waals surface area contributed by atoms with Crippen LogP contribution in [-0.2, 0) is 47.9 Å². The summed E-state index contributed by atoms with van der Waals surface area (Å²) < 4.78 is 8.55. The Labute approximate surface area is 261 Å². The highest BCUT2D eigenvalue weighted by molar-refractivity contribution is 9.10. The molecule has 1 unspecified atom stereocenters. The summed E-state index contributed by atoms with van der Waals surface area (Å²) in [5, 5.41) is 5.68. The van der Waals surface area contributed by atoms with E-state index in [1.165, 1.54) is 6.92 Å². The van der Waals surface area contributed by atoms with Crippen LogP contribution in [0.1, 0.15) is 66.7 Å². The van der Waals surface area contributed by atoms with Crippen molar-refractivity contribution in [2.24, 2.45) is 5.41 Å². The molecule has 42 heavy (non-hydrogen) atoms. The van der Waals surface area contributed by atoms with Gasteiger partial charge >= 0.3 is 11.9 Å². The molecular formula is C27H37Br2N3O10. The second-order valence-corrected chi connectivity index (χ2v) is 14.8. The average Bonchev–Trinajstić information content (AvgIpc) is 3.22. The molecule has 13 nitrogen and oxygen atoms in total. The number of ketones is 1. The molecule has 0 aromatic heterocycles. The molecule has 0 aliphatic carbocycles. The summed E-state index contributed by atoms with van der Waals surface area (Å²) in [6.07, 6.45) is 5.38. The number of Topliss-reactive ketones (excluding diaryl/α,β-unsaturated/α-hetero) is 1. The number of hydroxylamine groups is 2. The van der Waals surface area contributed by atoms with Crippen LogP contribution in [0.3, 0.4) is 0 Å². The van der Waals surface area contributed by atoms with Gasteiger partial charge in [-0.05, 0) is 41.0 Å². The fourth-order valence-electron chi connectivity index (χ4n) is 3.15. The first-order valence-corrected chi connectivity index (χ1v) is 14.6. The number of nitrogens with zero attached hydrogens (tertiary/aromatic N) is 1. The van der Waals surface area contributed by atoms with Crippen LogP contribution in [0, 0.1) is 17.8 Å². The van der Waals surface area contributed by atoms with E-state index < -0.39 is 81.3 Å². The molecule has 234 valence electrons. The number of imide groups is 1. The Kier molecular flexibility index (Phi) is 14.3. The van der Waals surface area contributed by atoms with Crippen LogP contribution in [0.4, 0.5) is 0 Å². The maximum atomic E-state index is 13.4. The normalized spacial score (nSPS) is 14.6. The summed E-state index contributed by atoms with van der Waals surface area (Å²) >= 11 is 6.38. The van der Waals surface area contributed by atoms with E-state index in [4.69, 9.17) is 20.7 Å². The van der Waals surface area contributed by atoms with Gasteiger partial charge in [-0.25, -0.2) is 0 Å². The van der Waals surface area contributed by atoms with Gasteiger partial charge in [-0.2, -0.15) is 5.06 Å². The molecule has 1 heterocycles. The third-order valence-electron chi connectivity index (χ3n) is 5.83. The van der Waals surface area contributed by atoms with Crippen molar-refractivity contribution in [1.29, 1.82) is 0 Å². The fourth-order valence-corrected chi connectivity index (χ4v) is 3.38. The molecule has 1 fully saturated rings. The van der Waals surface area contributed by atoms with Gasteiger partial charge in [0.15, 0.2) is 5.78 Å². The number of rotatable bonds is 17. The molecule has 1 aliphatic rings. The zero-order valence-corrected chi connectivity index (χ0v) is 27.5. The zero-order chi connectivity index (χ0) is 32.3. The van der Waals surface area contributed by atoms with Gasteiger partial charge in [-0.1, -0.05) is 31.9 Å². The van der Waals surface area contributed by atoms with Crippen LogP contribution in [0.15, 0.2) is 0 Å². The molecule has 1 atom stereocenters. The van der Waals surface area contributed by atoms with Crippen molar-refractivity contribution < 1.29 is 47.9 Å². The number of terminal acetylenes is 1. The van der Waals surface area contributed by atoms with Gasteiger partial charge in [0.25, 0.3) is 11.8 Å². The number of esters is 2. The maximum absolute atomic E-state index is 13.4. The lowest BCUT2D eigenvalue weighted by molar-refractivity contribution is -0.188. The van der Waals surface area contributed by atoms with Gasteiger partial charge in [0.05, 0.1) is 0 Å². The van der Waals surface area contributed by atoms with Crippen molar-refractivity contribution in [3.63, 3.8) is 0 Å². The Morgan fingerprint density at radius 3 is 1.90 bits per heavy atom. The number of alkyl halides is 2. The van der Waals surface area contributed by atoms with Gasteiger partial charge in [-0.15, -0.1) is 12.3 Å². The van der Waals surface area contributed by atoms with Crippen LogP contribution in [-0.4, -0.2) is 87.5 Å². The first kappa shape index (κ1) is 37.2. The number of hydrogen-bond donors (Lipinski definition) is 2. The van der Waals surface area contributed by atoms with E-state index in [2.05, 4.69) is 48.4 Å². The van der Waals surface area contributed by atoms with Crippen LogP contribution in [0.25, 0.3) is 0 Å². The molecule has 0 spiro atoms. The number of ether oxygens (including phenoxy) is 2. The molecule has 0 saturated carbocycles. The Hall–Kier alpha value is -2.83. The SMILES string of the molecule is C#CCCC(NC(=O)C(C)(COC(=O)C(C)(C)Br)COC(=O)C(C)(C)Br)C(=O)NCCC(=O)CON1C(=O)CCC1=O. The molecule has 0 aromatic rings. The molecule has 1 aliphatic heterocycles. The standard InChI is InChI=1S/C27H37Br2N3O10/c1-7-8-9-18(21(36)30-13-12-17(33)14-42-32-19(34)10-11-20(32)35)31-22(37)27(6,15-40-23(38)25(2,3)28)16-41-24(39)26(4,5)29/h1,18H,8-16H2,2-6H3,(H,30,36)(H,31,37). The first-order chi connectivity index (χ1) is 19.3. The molecule has 0 bridgehead atoms. The minimum Gasteiger partial charge on any atom is -0.463 e. The highest BCUT2D eigenvalue weighted by Crippen LogP contribution is 2.25. The van der Waals surface area contributed by atoms with Gasteiger partial charge in [-0.3, -0.25) is 38.4 Å². The van der Waals surface area contributed by atoms with E-state index in [1.54, 1.807) is 27.7 Å². The molecule has 0 aromatic carbocycles. The Morgan fingerprint density at radius 2 is 1.45 bits per heavy atom. The van der Waals surface area contributed by atoms with E-state index in [0.717, 1.165) is 0 Å². The molecular weight excluding hydrogens is 686 g/mol. The first-order valence-electron chi connectivity index (χ1n) is 13.1. The molecule has 4 amide bonds. The van der Waals surface area contributed by atoms with Crippen LogP contribution < -0.4 is 10.6 Å². The van der Waals surface area contributed by atoms with E-state index in [9.17, 15) is 33.6 Å². The van der Waals surface area contributed by atoms with Crippen LogP contribution in [0.2, 0.25) is 0 Å². The Morgan fingerprint density at radius 1 is 0.952 bits per heavy atom. The largest absolute Gasteiger partial charge is 0.463 e. The van der Waals surface area contributed by atoms with Crippen molar-refractivity contribution >= 4 is 73.2 Å². The molecule has 2 N–H and O–H groups in total. The average molecular weight is 723 g/mol. The third-order valence-corrected chi connectivity index (χ3v) is 6.47. The summed E-state index contributed by atoms with van der Waals surface area (Å²) in [7, 11) is 0. The van der Waals surface area contributed by atoms with Crippen molar-refractivity contribution in [1.82, 2.24) is 15.7 Å². The highest BCUT2D eigenvalue weighted by Gasteiger charge is 2.41. The van der Waals surface area contributed by atoms with Crippen LogP contribution >= 0.6 is 31.9 Å². The number of nitrogens with one attached hydrogen (secondary N) is 2. The van der Waals surface area contributed by atoms with E-state index >= 15 is 0 Å². The van der Waals surface area contributed by atoms with E-state index in [-0.39, 0.29) is 38.6 Å². The Balaban J connectivity index is 2.88. The third kappa shape index (κ3) is 12.2. The minimum absolute atomic E-state index is 0.0146. The zero-order valence-electron chi connectivity index (χ0n) is 24.3. The molecule has 1 saturated heterocycles. The summed E-state index contributed by atoms with van der Waals surface area (Å²) in [4.78, 5) is 91.3. The van der Waals surface area contributed by atoms with E-state index in [1.807, 2.05) is 0 Å². The number of amides is 4. The predicted molar refractivity (Wildman–Crippen MR) is 156 cm³/mol. The van der Waals surface area contributed by atoms with Gasteiger partial charge in [0.1, 0.15) is 39.9 Å². The second-order valence-electron chi connectivity index (χ2n) is 10.9. The van der Waals surface area contributed by atoms with Crippen molar-refractivity contribution in [2.45, 2.75) is 81.4 Å². The monoisotopic (exact) mass is 721 g/mol. The van der Waals surface area contributed by atoms with Crippen molar-refractivity contribution in [2.75, 3.05) is 26.4 Å². The Bertz CT molecular complexity index is 1060. The lowest BCUT2D eigenvalue weighted by Gasteiger charge is -2.31. The number of hydrogen-bond acceptors (Lipinski definition) is 10. The highest BCUT2D eigenvalue weighted by atomic mass is 79.9. The molecule has 0 radical (unpaired) electrons. The second kappa shape index (κ2) is 16.1. The number of halogens is 2. The van der Waals surface area contributed by atoms with Gasteiger partial charge in [0, 0.05) is 32.2 Å². The number of carbonyl (C=O) groups excluding carboxylic acids is 7. The minimum atomic E-state index is -1.59. The topological polar surface area (TPSA) is 174 Å². The predicted octanol–water partition coefficient (Wildman–Crippen LogP) is 1.48. The quantitative estimate of drug-likeness (QED) is 0.0969. The lowest BCUT2D eigenvalue weighted by atomic mass is 9.90. The number of carbonyl (C=O) groups is 7. The van der Waals surface area contributed by atoms with E-state index in [0.29, 0.717) is 5.06 Å².